The smallest absolute Gasteiger partial charge is 0.319 e. The second-order valence-electron chi connectivity index (χ2n) is 7.08. The molecule has 0 saturated heterocycles. The molecule has 2 rings (SSSR count). The van der Waals surface area contributed by atoms with Gasteiger partial charge in [-0.2, -0.15) is 4.37 Å². The molecule has 0 bridgehead atoms. The number of hydrogen-bond acceptors (Lipinski definition) is 8. The molecule has 2 unspecified atom stereocenters. The van der Waals surface area contributed by atoms with E-state index in [1.165, 1.54) is 0 Å². The first-order valence-electron chi connectivity index (χ1n) is 9.72. The molecule has 2 atom stereocenters. The minimum Gasteiger partial charge on any atom is -0.471 e. The van der Waals surface area contributed by atoms with Crippen LogP contribution in [-0.4, -0.2) is 51.2 Å². The van der Waals surface area contributed by atoms with Crippen molar-refractivity contribution >= 4 is 46.0 Å². The van der Waals surface area contributed by atoms with Crippen molar-refractivity contribution in [3.63, 3.8) is 0 Å². The van der Waals surface area contributed by atoms with E-state index in [4.69, 9.17) is 27.8 Å². The monoisotopic (exact) mass is 521 g/mol. The zero-order chi connectivity index (χ0) is 25.4. The number of amides is 4. The number of benzene rings is 1. The lowest BCUT2D eigenvalue weighted by Gasteiger charge is -2.15. The number of anilines is 1. The number of rotatable bonds is 12. The summed E-state index contributed by atoms with van der Waals surface area (Å²) in [6, 6.07) is 1.02. The molecule has 0 saturated carbocycles. The first kappa shape index (κ1) is 27.2. The molecule has 0 radical (unpaired) electrons. The summed E-state index contributed by atoms with van der Waals surface area (Å²) in [6.07, 6.45) is -2.46. The average molecular weight is 522 g/mol. The van der Waals surface area contributed by atoms with Crippen molar-refractivity contribution in [1.29, 1.82) is 0 Å². The van der Waals surface area contributed by atoms with Crippen molar-refractivity contribution in [3.8, 4) is 5.88 Å². The normalized spacial score (nSPS) is 12.6. The lowest BCUT2D eigenvalue weighted by molar-refractivity contribution is -0.120. The van der Waals surface area contributed by atoms with E-state index >= 15 is 0 Å². The molecule has 0 aliphatic carbocycles. The zero-order valence-corrected chi connectivity index (χ0v) is 19.1. The Hall–Kier alpha value is -3.07. The van der Waals surface area contributed by atoms with Gasteiger partial charge in [0.2, 0.25) is 11.8 Å². The fraction of sp³-hybridized carbons (Fsp3) is 0.368. The highest BCUT2D eigenvalue weighted by atomic mass is 35.5. The Morgan fingerprint density at radius 2 is 1.82 bits per heavy atom. The number of halogens is 3. The number of aliphatic hydroxyl groups excluding tert-OH is 2. The zero-order valence-electron chi connectivity index (χ0n) is 17.5. The first-order valence-corrected chi connectivity index (χ1v) is 10.9. The molecular weight excluding hydrogens is 500 g/mol. The van der Waals surface area contributed by atoms with Crippen LogP contribution in [0.15, 0.2) is 12.1 Å². The molecule has 0 spiro atoms. The van der Waals surface area contributed by atoms with Crippen LogP contribution >= 0.6 is 23.1 Å². The number of aliphatic hydroxyl groups is 2. The number of nitrogens with one attached hydrogen (secondary N) is 2. The Morgan fingerprint density at radius 1 is 1.18 bits per heavy atom. The number of ether oxygens (including phenoxy) is 1. The third-order valence-electron chi connectivity index (χ3n) is 4.34. The van der Waals surface area contributed by atoms with Gasteiger partial charge in [-0.1, -0.05) is 11.6 Å². The number of aromatic nitrogens is 1. The number of nitrogens with zero attached hydrogens (tertiary/aromatic N) is 1. The van der Waals surface area contributed by atoms with Gasteiger partial charge in [0.25, 0.3) is 5.91 Å². The van der Waals surface area contributed by atoms with Crippen molar-refractivity contribution in [1.82, 2.24) is 9.69 Å². The second-order valence-corrected chi connectivity index (χ2v) is 8.29. The van der Waals surface area contributed by atoms with Crippen LogP contribution in [0.5, 0.6) is 5.88 Å². The van der Waals surface area contributed by atoms with E-state index in [-0.39, 0.29) is 47.3 Å². The van der Waals surface area contributed by atoms with E-state index in [0.717, 1.165) is 12.1 Å². The van der Waals surface area contributed by atoms with E-state index in [0.29, 0.717) is 11.5 Å². The molecule has 4 amide bonds. The second kappa shape index (κ2) is 12.4. The molecular formula is C19H22ClF2N5O6S. The standard InChI is InChI=1S/C19H22ClF2N5O6S/c20-8-3-12(21)11(13(22)4-8)7-33-17-15(16(24)31)18(34-27-17)26-19(32)25-2-1-9(28)5-10(29)6-14(23)30/h3-4,9-10,28-29H,1-2,5-7H2,(H2,23,30)(H2,24,31)(H2,25,26,32). The van der Waals surface area contributed by atoms with Gasteiger partial charge in [0.15, 0.2) is 0 Å². The van der Waals surface area contributed by atoms with E-state index in [1.54, 1.807) is 0 Å². The minimum absolute atomic E-state index is 0.0144. The third-order valence-corrected chi connectivity index (χ3v) is 5.30. The van der Waals surface area contributed by atoms with Crippen molar-refractivity contribution in [2.24, 2.45) is 11.5 Å². The van der Waals surface area contributed by atoms with Crippen LogP contribution in [0.4, 0.5) is 18.6 Å². The molecule has 11 nitrogen and oxygen atoms in total. The predicted octanol–water partition coefficient (Wildman–Crippen LogP) is 1.25. The van der Waals surface area contributed by atoms with Crippen LogP contribution in [0, 0.1) is 11.6 Å². The van der Waals surface area contributed by atoms with Crippen LogP contribution in [-0.2, 0) is 11.4 Å². The van der Waals surface area contributed by atoms with Gasteiger partial charge in [-0.15, -0.1) is 0 Å². The van der Waals surface area contributed by atoms with E-state index < -0.39 is 53.9 Å². The predicted molar refractivity (Wildman–Crippen MR) is 118 cm³/mol. The van der Waals surface area contributed by atoms with Gasteiger partial charge in [-0.25, -0.2) is 13.6 Å². The molecule has 34 heavy (non-hydrogen) atoms. The molecule has 0 fully saturated rings. The summed E-state index contributed by atoms with van der Waals surface area (Å²) in [6.45, 7) is -0.635. The number of hydrogen-bond donors (Lipinski definition) is 6. The summed E-state index contributed by atoms with van der Waals surface area (Å²) in [5.74, 6) is -3.96. The molecule has 0 aliphatic heterocycles. The average Bonchev–Trinajstić information content (AvgIpc) is 3.08. The van der Waals surface area contributed by atoms with Gasteiger partial charge >= 0.3 is 6.03 Å². The molecule has 2 aromatic rings. The van der Waals surface area contributed by atoms with Crippen molar-refractivity contribution in [2.45, 2.75) is 38.1 Å². The fourth-order valence-electron chi connectivity index (χ4n) is 2.77. The highest BCUT2D eigenvalue weighted by molar-refractivity contribution is 7.11. The van der Waals surface area contributed by atoms with Gasteiger partial charge in [0.05, 0.1) is 24.2 Å². The molecule has 1 aromatic carbocycles. The SMILES string of the molecule is NC(=O)CC(O)CC(O)CCNC(=O)Nc1snc(OCc2c(F)cc(Cl)cc2F)c1C(N)=O. The first-order chi connectivity index (χ1) is 16.0. The van der Waals surface area contributed by atoms with E-state index in [2.05, 4.69) is 15.0 Å². The van der Waals surface area contributed by atoms with Crippen LogP contribution < -0.4 is 26.8 Å². The summed E-state index contributed by atoms with van der Waals surface area (Å²) >= 11 is 6.22. The van der Waals surface area contributed by atoms with Crippen LogP contribution in [0.3, 0.4) is 0 Å². The summed E-state index contributed by atoms with van der Waals surface area (Å²) in [4.78, 5) is 34.7. The fourth-order valence-corrected chi connectivity index (χ4v) is 3.70. The Balaban J connectivity index is 1.93. The minimum atomic E-state index is -1.11. The number of urea groups is 1. The summed E-state index contributed by atoms with van der Waals surface area (Å²) in [5, 5.41) is 24.0. The topological polar surface area (TPSA) is 190 Å². The lowest BCUT2D eigenvalue weighted by Crippen LogP contribution is -2.32. The Bertz CT molecular complexity index is 1030. The summed E-state index contributed by atoms with van der Waals surface area (Å²) < 4.78 is 36.9. The molecule has 0 aliphatic rings. The maximum absolute atomic E-state index is 13.9. The molecule has 186 valence electrons. The lowest BCUT2D eigenvalue weighted by atomic mass is 10.1. The number of primary amides is 2. The number of carbonyl (C=O) groups is 3. The summed E-state index contributed by atoms with van der Waals surface area (Å²) in [7, 11) is 0. The van der Waals surface area contributed by atoms with Crippen molar-refractivity contribution < 1.29 is 38.1 Å². The molecule has 8 N–H and O–H groups in total. The maximum atomic E-state index is 13.9. The van der Waals surface area contributed by atoms with Gasteiger partial charge in [-0.3, -0.25) is 14.9 Å². The van der Waals surface area contributed by atoms with Gasteiger partial charge < -0.3 is 31.7 Å². The molecule has 15 heteroatoms. The Labute approximate surface area is 201 Å². The van der Waals surface area contributed by atoms with E-state index in [9.17, 15) is 33.4 Å². The van der Waals surface area contributed by atoms with E-state index in [1.807, 2.05) is 0 Å². The van der Waals surface area contributed by atoms with Gasteiger partial charge in [0.1, 0.15) is 28.8 Å². The van der Waals surface area contributed by atoms with Crippen LogP contribution in [0.25, 0.3) is 0 Å². The quantitative estimate of drug-likeness (QED) is 0.242. The largest absolute Gasteiger partial charge is 0.471 e. The number of carbonyl (C=O) groups excluding carboxylic acids is 3. The van der Waals surface area contributed by atoms with Gasteiger partial charge in [-0.05, 0) is 36.5 Å². The Morgan fingerprint density at radius 3 is 2.41 bits per heavy atom. The van der Waals surface area contributed by atoms with Gasteiger partial charge in [0, 0.05) is 11.6 Å². The summed E-state index contributed by atoms with van der Waals surface area (Å²) in [5.41, 5.74) is 9.53. The third kappa shape index (κ3) is 8.06. The van der Waals surface area contributed by atoms with Crippen molar-refractivity contribution in [3.05, 3.63) is 39.9 Å². The van der Waals surface area contributed by atoms with Crippen LogP contribution in [0.1, 0.15) is 35.2 Å². The Kier molecular flexibility index (Phi) is 9.92. The highest BCUT2D eigenvalue weighted by Crippen LogP contribution is 2.31. The van der Waals surface area contributed by atoms with Crippen molar-refractivity contribution in [2.75, 3.05) is 11.9 Å². The molecule has 1 aromatic heterocycles. The van der Waals surface area contributed by atoms with Crippen LogP contribution in [0.2, 0.25) is 5.02 Å². The highest BCUT2D eigenvalue weighted by Gasteiger charge is 2.23. The molecule has 1 heterocycles. The maximum Gasteiger partial charge on any atom is 0.319 e. The number of nitrogens with two attached hydrogens (primary N) is 2.